The van der Waals surface area contributed by atoms with Crippen molar-refractivity contribution in [3.8, 4) is 11.1 Å². The molecule has 0 amide bonds. The van der Waals surface area contributed by atoms with Gasteiger partial charge in [0, 0.05) is 40.5 Å². The van der Waals surface area contributed by atoms with Crippen LogP contribution < -0.4 is 5.32 Å². The van der Waals surface area contributed by atoms with E-state index in [-0.39, 0.29) is 0 Å². The predicted molar refractivity (Wildman–Crippen MR) is 66.0 cm³/mol. The number of H-pyrrole nitrogens is 1. The zero-order valence-corrected chi connectivity index (χ0v) is 9.73. The molecule has 1 aliphatic heterocycles. The second-order valence-corrected chi connectivity index (χ2v) is 4.44. The Morgan fingerprint density at radius 2 is 2.19 bits per heavy atom. The average molecular weight is 234 g/mol. The third-order valence-electron chi connectivity index (χ3n) is 3.08. The van der Waals surface area contributed by atoms with Crippen molar-refractivity contribution in [1.29, 1.82) is 0 Å². The molecule has 16 heavy (non-hydrogen) atoms. The van der Waals surface area contributed by atoms with Crippen LogP contribution in [0.1, 0.15) is 11.3 Å². The number of anilines is 1. The first-order valence-corrected chi connectivity index (χ1v) is 5.71. The van der Waals surface area contributed by atoms with Crippen LogP contribution >= 0.6 is 11.6 Å². The van der Waals surface area contributed by atoms with Gasteiger partial charge in [-0.3, -0.25) is 5.10 Å². The number of nitrogens with one attached hydrogen (secondary N) is 2. The van der Waals surface area contributed by atoms with E-state index in [9.17, 15) is 0 Å². The van der Waals surface area contributed by atoms with Gasteiger partial charge in [0.25, 0.3) is 0 Å². The Kier molecular flexibility index (Phi) is 2.14. The highest BCUT2D eigenvalue weighted by atomic mass is 35.5. The maximum absolute atomic E-state index is 6.14. The fourth-order valence-electron chi connectivity index (χ4n) is 2.19. The van der Waals surface area contributed by atoms with Crippen LogP contribution in [0.2, 0.25) is 5.02 Å². The maximum Gasteiger partial charge on any atom is 0.0569 e. The van der Waals surface area contributed by atoms with Crippen molar-refractivity contribution in [3.63, 3.8) is 0 Å². The van der Waals surface area contributed by atoms with Gasteiger partial charge < -0.3 is 5.32 Å². The smallest absolute Gasteiger partial charge is 0.0569 e. The molecule has 0 bridgehead atoms. The topological polar surface area (TPSA) is 40.7 Å². The summed E-state index contributed by atoms with van der Waals surface area (Å²) < 4.78 is 0. The Bertz CT molecular complexity index is 545. The molecule has 2 heterocycles. The van der Waals surface area contributed by atoms with Crippen LogP contribution in [-0.4, -0.2) is 16.7 Å². The third kappa shape index (κ3) is 1.32. The van der Waals surface area contributed by atoms with Gasteiger partial charge in [-0.05, 0) is 18.6 Å². The summed E-state index contributed by atoms with van der Waals surface area (Å²) in [6, 6.07) is 4.00. The number of rotatable bonds is 0. The first-order chi connectivity index (χ1) is 7.77. The van der Waals surface area contributed by atoms with Gasteiger partial charge in [0.2, 0.25) is 0 Å². The lowest BCUT2D eigenvalue weighted by atomic mass is 10.0. The molecule has 0 saturated heterocycles. The molecule has 0 spiro atoms. The van der Waals surface area contributed by atoms with Crippen molar-refractivity contribution in [2.45, 2.75) is 13.3 Å². The zero-order chi connectivity index (χ0) is 11.1. The molecule has 2 aromatic rings. The number of nitrogens with zero attached hydrogens (tertiary/aromatic N) is 1. The Labute approximate surface area is 98.8 Å². The maximum atomic E-state index is 6.14. The Hall–Kier alpha value is -1.48. The van der Waals surface area contributed by atoms with Gasteiger partial charge >= 0.3 is 0 Å². The molecule has 0 saturated carbocycles. The van der Waals surface area contributed by atoms with Gasteiger partial charge in [-0.1, -0.05) is 17.7 Å². The minimum absolute atomic E-state index is 0.804. The molecule has 0 fully saturated rings. The fraction of sp³-hybridized carbons (Fsp3) is 0.250. The summed E-state index contributed by atoms with van der Waals surface area (Å²) in [5, 5.41) is 11.4. The van der Waals surface area contributed by atoms with Crippen molar-refractivity contribution in [1.82, 2.24) is 10.2 Å². The Morgan fingerprint density at radius 1 is 1.31 bits per heavy atom. The van der Waals surface area contributed by atoms with E-state index in [1.54, 1.807) is 0 Å². The van der Waals surface area contributed by atoms with E-state index in [0.29, 0.717) is 0 Å². The van der Waals surface area contributed by atoms with Gasteiger partial charge in [0.1, 0.15) is 0 Å². The zero-order valence-electron chi connectivity index (χ0n) is 8.97. The Morgan fingerprint density at radius 3 is 3.06 bits per heavy atom. The molecular weight excluding hydrogens is 222 g/mol. The molecular formula is C12H12ClN3. The first-order valence-electron chi connectivity index (χ1n) is 5.33. The second-order valence-electron chi connectivity index (χ2n) is 4.03. The van der Waals surface area contributed by atoms with Crippen LogP contribution in [0.4, 0.5) is 5.69 Å². The highest BCUT2D eigenvalue weighted by Crippen LogP contribution is 2.37. The summed E-state index contributed by atoms with van der Waals surface area (Å²) in [6.45, 7) is 2.95. The quantitative estimate of drug-likeness (QED) is 0.735. The normalized spacial score (nSPS) is 13.6. The van der Waals surface area contributed by atoms with Gasteiger partial charge in [0.05, 0.1) is 6.20 Å². The minimum atomic E-state index is 0.804. The Balaban J connectivity index is 2.29. The molecule has 3 rings (SSSR count). The van der Waals surface area contributed by atoms with Gasteiger partial charge in [-0.2, -0.15) is 5.10 Å². The molecule has 82 valence electrons. The molecule has 0 unspecified atom stereocenters. The van der Waals surface area contributed by atoms with Crippen molar-refractivity contribution in [2.24, 2.45) is 0 Å². The number of hydrogen-bond donors (Lipinski definition) is 2. The van der Waals surface area contributed by atoms with E-state index >= 15 is 0 Å². The van der Waals surface area contributed by atoms with Crippen LogP contribution in [0.15, 0.2) is 18.3 Å². The van der Waals surface area contributed by atoms with Crippen LogP contribution in [0.25, 0.3) is 11.1 Å². The van der Waals surface area contributed by atoms with Gasteiger partial charge in [-0.15, -0.1) is 0 Å². The predicted octanol–water partition coefficient (Wildman–Crippen LogP) is 3.01. The summed E-state index contributed by atoms with van der Waals surface area (Å²) in [5.41, 5.74) is 5.79. The van der Waals surface area contributed by atoms with Crippen LogP contribution in [0, 0.1) is 6.92 Å². The van der Waals surface area contributed by atoms with E-state index in [0.717, 1.165) is 29.2 Å². The van der Waals surface area contributed by atoms with Gasteiger partial charge in [0.15, 0.2) is 0 Å². The number of fused-ring (bicyclic) bond motifs is 3. The number of aromatic nitrogens is 2. The van der Waals surface area contributed by atoms with E-state index in [1.807, 2.05) is 19.2 Å². The number of halogens is 1. The fourth-order valence-corrected chi connectivity index (χ4v) is 2.34. The van der Waals surface area contributed by atoms with Crippen molar-refractivity contribution in [2.75, 3.05) is 11.9 Å². The molecule has 1 aromatic heterocycles. The molecule has 0 radical (unpaired) electrons. The van der Waals surface area contributed by atoms with Crippen molar-refractivity contribution < 1.29 is 0 Å². The molecule has 2 N–H and O–H groups in total. The van der Waals surface area contributed by atoms with Crippen molar-refractivity contribution >= 4 is 17.3 Å². The lowest BCUT2D eigenvalue weighted by Crippen LogP contribution is -2.04. The van der Waals surface area contributed by atoms with E-state index in [4.69, 9.17) is 11.6 Å². The van der Waals surface area contributed by atoms with E-state index in [1.165, 1.54) is 16.8 Å². The first kappa shape index (κ1) is 9.73. The lowest BCUT2D eigenvalue weighted by Gasteiger charge is -2.12. The standard InChI is InChI=1S/C12H12ClN3/c1-7-10(13)3-2-8-9-6-15-16-11(9)4-5-14-12(7)8/h2-3,6,14H,4-5H2,1H3,(H,15,16). The number of aromatic amines is 1. The van der Waals surface area contributed by atoms with E-state index < -0.39 is 0 Å². The molecule has 1 aliphatic rings. The van der Waals surface area contributed by atoms with Gasteiger partial charge in [-0.25, -0.2) is 0 Å². The summed E-state index contributed by atoms with van der Waals surface area (Å²) in [4.78, 5) is 0. The molecule has 3 nitrogen and oxygen atoms in total. The summed E-state index contributed by atoms with van der Waals surface area (Å²) in [7, 11) is 0. The summed E-state index contributed by atoms with van der Waals surface area (Å²) >= 11 is 6.14. The molecule has 4 heteroatoms. The van der Waals surface area contributed by atoms with Crippen LogP contribution in [0.5, 0.6) is 0 Å². The van der Waals surface area contributed by atoms with Crippen LogP contribution in [-0.2, 0) is 6.42 Å². The molecule has 1 aromatic carbocycles. The largest absolute Gasteiger partial charge is 0.384 e. The molecule has 0 aliphatic carbocycles. The van der Waals surface area contributed by atoms with Crippen molar-refractivity contribution in [3.05, 3.63) is 34.6 Å². The summed E-state index contributed by atoms with van der Waals surface area (Å²) in [5.74, 6) is 0. The number of benzene rings is 1. The average Bonchev–Trinajstić information content (AvgIpc) is 2.66. The lowest BCUT2D eigenvalue weighted by molar-refractivity contribution is 0.936. The second kappa shape index (κ2) is 3.52. The summed E-state index contributed by atoms with van der Waals surface area (Å²) in [6.07, 6.45) is 2.84. The monoisotopic (exact) mass is 233 g/mol. The highest BCUT2D eigenvalue weighted by molar-refractivity contribution is 6.32. The minimum Gasteiger partial charge on any atom is -0.384 e. The SMILES string of the molecule is Cc1c(Cl)ccc2c1NCCc1[nH]ncc1-2. The number of hydrogen-bond acceptors (Lipinski definition) is 2. The van der Waals surface area contributed by atoms with Crippen LogP contribution in [0.3, 0.4) is 0 Å². The highest BCUT2D eigenvalue weighted by Gasteiger charge is 2.17. The van der Waals surface area contributed by atoms with E-state index in [2.05, 4.69) is 21.6 Å². The third-order valence-corrected chi connectivity index (χ3v) is 3.49. The molecule has 0 atom stereocenters.